The van der Waals surface area contributed by atoms with Crippen LogP contribution in [-0.2, 0) is 29.0 Å². The molecule has 5 amide bonds. The van der Waals surface area contributed by atoms with Crippen molar-refractivity contribution in [1.82, 2.24) is 20.9 Å². The van der Waals surface area contributed by atoms with Gasteiger partial charge in [0.2, 0.25) is 17.6 Å². The molecule has 1 aromatic rings. The second kappa shape index (κ2) is 13.7. The lowest BCUT2D eigenvalue weighted by Crippen LogP contribution is -2.63. The minimum Gasteiger partial charge on any atom is -0.363 e. The summed E-state index contributed by atoms with van der Waals surface area (Å²) in [4.78, 5) is 68.3. The molecule has 13 heteroatoms. The SMILES string of the molecule is CC1(C)C2CN(C(=O)[C@@H](NC(=O)NC3(CCS(=O)(=O)c4ccccc4)CCCCC3)C(C)(C)C)C(C(=O)NC(CC3CC3)C(=O)C(N)=O)C21. The molecular formula is C36H53N5O7S. The average Bonchev–Trinajstić information content (AvgIpc) is 3.89. The van der Waals surface area contributed by atoms with Gasteiger partial charge in [-0.05, 0) is 66.4 Å². The maximum absolute atomic E-state index is 14.4. The van der Waals surface area contributed by atoms with Gasteiger partial charge in [-0.1, -0.05) is 84.9 Å². The molecule has 4 unspecified atom stereocenters. The van der Waals surface area contributed by atoms with E-state index in [-0.39, 0.29) is 40.2 Å². The number of fused-ring (bicyclic) bond motifs is 1. The van der Waals surface area contributed by atoms with E-state index < -0.39 is 68.5 Å². The Balaban J connectivity index is 1.32. The summed E-state index contributed by atoms with van der Waals surface area (Å²) in [6.07, 6.45) is 6.31. The number of nitrogens with zero attached hydrogens (tertiary/aromatic N) is 1. The number of carbonyl (C=O) groups excluding carboxylic acids is 5. The highest BCUT2D eigenvalue weighted by atomic mass is 32.2. The van der Waals surface area contributed by atoms with Crippen molar-refractivity contribution in [2.75, 3.05) is 12.3 Å². The smallest absolute Gasteiger partial charge is 0.315 e. The lowest BCUT2D eigenvalue weighted by atomic mass is 9.79. The molecule has 3 saturated carbocycles. The second-order valence-corrected chi connectivity index (χ2v) is 18.6. The van der Waals surface area contributed by atoms with Crippen LogP contribution in [0.15, 0.2) is 35.2 Å². The van der Waals surface area contributed by atoms with E-state index in [1.54, 1.807) is 30.3 Å². The van der Waals surface area contributed by atoms with Crippen LogP contribution in [0.2, 0.25) is 0 Å². The summed E-state index contributed by atoms with van der Waals surface area (Å²) in [7, 11) is -3.57. The number of amides is 5. The first-order chi connectivity index (χ1) is 22.9. The summed E-state index contributed by atoms with van der Waals surface area (Å²) in [5, 5.41) is 8.79. The number of hydrogen-bond acceptors (Lipinski definition) is 7. The van der Waals surface area contributed by atoms with Gasteiger partial charge in [-0.15, -0.1) is 0 Å². The molecule has 0 radical (unpaired) electrons. The molecule has 1 saturated heterocycles. The van der Waals surface area contributed by atoms with Gasteiger partial charge in [0.25, 0.3) is 5.91 Å². The van der Waals surface area contributed by atoms with Crippen molar-refractivity contribution in [1.29, 1.82) is 0 Å². The van der Waals surface area contributed by atoms with Gasteiger partial charge in [0.1, 0.15) is 12.1 Å². The number of piperidine rings is 1. The fourth-order valence-corrected chi connectivity index (χ4v) is 9.59. The Bertz CT molecular complexity index is 1560. The molecule has 1 aliphatic heterocycles. The summed E-state index contributed by atoms with van der Waals surface area (Å²) in [5.74, 6) is -2.82. The number of primary amides is 1. The normalized spacial score (nSPS) is 25.3. The Hall–Kier alpha value is -3.48. The van der Waals surface area contributed by atoms with Crippen molar-refractivity contribution in [2.24, 2.45) is 34.3 Å². The van der Waals surface area contributed by atoms with Crippen LogP contribution in [0.1, 0.15) is 92.4 Å². The third-order valence-electron chi connectivity index (χ3n) is 11.4. The van der Waals surface area contributed by atoms with E-state index in [2.05, 4.69) is 29.8 Å². The lowest BCUT2D eigenvalue weighted by Gasteiger charge is -2.41. The van der Waals surface area contributed by atoms with Gasteiger partial charge in [-0.2, -0.15) is 0 Å². The van der Waals surface area contributed by atoms with Crippen molar-refractivity contribution in [3.05, 3.63) is 30.3 Å². The number of Topliss-reactive ketones (excluding diaryl/α,β-unsaturated/α-hetero) is 1. The van der Waals surface area contributed by atoms with Gasteiger partial charge < -0.3 is 26.6 Å². The van der Waals surface area contributed by atoms with Crippen LogP contribution in [-0.4, -0.2) is 78.8 Å². The van der Waals surface area contributed by atoms with Gasteiger partial charge in [0.15, 0.2) is 9.84 Å². The molecule has 0 aromatic heterocycles. The highest BCUT2D eigenvalue weighted by Gasteiger charge is 2.70. The Morgan fingerprint density at radius 1 is 0.980 bits per heavy atom. The first-order valence-corrected chi connectivity index (χ1v) is 19.3. The number of sulfone groups is 1. The van der Waals surface area contributed by atoms with Gasteiger partial charge in [-0.25, -0.2) is 13.2 Å². The number of carbonyl (C=O) groups is 5. The number of likely N-dealkylation sites (tertiary alicyclic amines) is 1. The van der Waals surface area contributed by atoms with Gasteiger partial charge >= 0.3 is 6.03 Å². The zero-order valence-corrected chi connectivity index (χ0v) is 30.2. The molecule has 270 valence electrons. The molecule has 4 aliphatic rings. The van der Waals surface area contributed by atoms with E-state index in [0.29, 0.717) is 25.8 Å². The topological polar surface area (TPSA) is 185 Å². The van der Waals surface area contributed by atoms with Gasteiger partial charge in [-0.3, -0.25) is 19.2 Å². The van der Waals surface area contributed by atoms with Crippen molar-refractivity contribution >= 4 is 39.4 Å². The molecule has 3 aliphatic carbocycles. The standard InChI is InChI=1S/C36H53N5O7S/c1-34(2,3)29(39-33(46)40-36(16-10-7-11-17-36)18-19-49(47,48)23-12-8-6-9-13-23)32(45)41-21-24-26(35(24,4)5)27(41)31(44)38-25(20-22-14-15-22)28(42)30(37)43/h6,8-9,12-13,22,24-27,29H,7,10-11,14-21H2,1-5H3,(H2,37,43)(H,38,44)(H2,39,40,46)/t24?,25?,26?,27?,29-/m1/s1. The van der Waals surface area contributed by atoms with Crippen molar-refractivity contribution < 1.29 is 32.4 Å². The van der Waals surface area contributed by atoms with E-state index in [4.69, 9.17) is 5.73 Å². The molecule has 0 bridgehead atoms. The van der Waals surface area contributed by atoms with Gasteiger partial charge in [0, 0.05) is 12.1 Å². The molecule has 4 fully saturated rings. The highest BCUT2D eigenvalue weighted by Crippen LogP contribution is 2.65. The Morgan fingerprint density at radius 2 is 1.61 bits per heavy atom. The molecule has 0 spiro atoms. The van der Waals surface area contributed by atoms with Gasteiger partial charge in [0.05, 0.1) is 16.7 Å². The summed E-state index contributed by atoms with van der Waals surface area (Å²) < 4.78 is 26.3. The first-order valence-electron chi connectivity index (χ1n) is 17.7. The van der Waals surface area contributed by atoms with Crippen molar-refractivity contribution in [3.63, 3.8) is 0 Å². The summed E-state index contributed by atoms with van der Waals surface area (Å²) in [6.45, 7) is 9.94. The number of urea groups is 1. The third kappa shape index (κ3) is 8.13. The van der Waals surface area contributed by atoms with Crippen LogP contribution in [0, 0.1) is 28.6 Å². The molecule has 5 atom stereocenters. The largest absolute Gasteiger partial charge is 0.363 e. The second-order valence-electron chi connectivity index (χ2n) is 16.5. The summed E-state index contributed by atoms with van der Waals surface area (Å²) >= 11 is 0. The van der Waals surface area contributed by atoms with Crippen LogP contribution in [0.25, 0.3) is 0 Å². The van der Waals surface area contributed by atoms with Crippen LogP contribution in [0.3, 0.4) is 0 Å². The molecule has 5 N–H and O–H groups in total. The van der Waals surface area contributed by atoms with Crippen LogP contribution < -0.4 is 21.7 Å². The number of rotatable bonds is 13. The quantitative estimate of drug-likeness (QED) is 0.228. The number of benzene rings is 1. The summed E-state index contributed by atoms with van der Waals surface area (Å²) in [5.41, 5.74) is 3.62. The maximum Gasteiger partial charge on any atom is 0.315 e. The van der Waals surface area contributed by atoms with E-state index >= 15 is 0 Å². The minimum atomic E-state index is -3.57. The van der Waals surface area contributed by atoms with E-state index in [1.165, 1.54) is 4.90 Å². The van der Waals surface area contributed by atoms with Crippen LogP contribution in [0.4, 0.5) is 4.79 Å². The predicted molar refractivity (Wildman–Crippen MR) is 184 cm³/mol. The third-order valence-corrected chi connectivity index (χ3v) is 13.2. The molecule has 5 rings (SSSR count). The Morgan fingerprint density at radius 3 is 2.18 bits per heavy atom. The molecule has 1 heterocycles. The predicted octanol–water partition coefficient (Wildman–Crippen LogP) is 3.09. The Kier molecular flexibility index (Phi) is 10.3. The zero-order valence-electron chi connectivity index (χ0n) is 29.4. The maximum atomic E-state index is 14.4. The summed E-state index contributed by atoms with van der Waals surface area (Å²) in [6, 6.07) is 4.78. The van der Waals surface area contributed by atoms with Crippen LogP contribution >= 0.6 is 0 Å². The van der Waals surface area contributed by atoms with E-state index in [9.17, 15) is 32.4 Å². The van der Waals surface area contributed by atoms with E-state index in [1.807, 2.05) is 20.8 Å². The minimum absolute atomic E-state index is 0.0624. The number of hydrogen-bond donors (Lipinski definition) is 4. The van der Waals surface area contributed by atoms with Crippen molar-refractivity contribution in [3.8, 4) is 0 Å². The van der Waals surface area contributed by atoms with E-state index in [0.717, 1.165) is 32.1 Å². The molecular weight excluding hydrogens is 646 g/mol. The number of nitrogens with two attached hydrogens (primary N) is 1. The molecule has 12 nitrogen and oxygen atoms in total. The Labute approximate surface area is 290 Å². The highest BCUT2D eigenvalue weighted by molar-refractivity contribution is 7.91. The molecule has 1 aromatic carbocycles. The number of nitrogens with one attached hydrogen (secondary N) is 3. The lowest BCUT2D eigenvalue weighted by molar-refractivity contribution is -0.145. The average molecular weight is 700 g/mol. The fraction of sp³-hybridized carbons (Fsp3) is 0.694. The number of ketones is 1. The first kappa shape index (κ1) is 36.8. The monoisotopic (exact) mass is 699 g/mol. The van der Waals surface area contributed by atoms with Crippen molar-refractivity contribution in [2.45, 2.75) is 121 Å². The zero-order chi connectivity index (χ0) is 35.9. The molecule has 49 heavy (non-hydrogen) atoms. The van der Waals surface area contributed by atoms with Crippen LogP contribution in [0.5, 0.6) is 0 Å². The fourth-order valence-electron chi connectivity index (χ4n) is 8.12.